The van der Waals surface area contributed by atoms with Crippen molar-refractivity contribution in [2.75, 3.05) is 13.6 Å². The van der Waals surface area contributed by atoms with Crippen molar-refractivity contribution >= 4 is 0 Å². The van der Waals surface area contributed by atoms with Crippen LogP contribution in [-0.2, 0) is 6.54 Å². The Morgan fingerprint density at radius 1 is 1.15 bits per heavy atom. The van der Waals surface area contributed by atoms with Crippen molar-refractivity contribution < 1.29 is 8.81 Å². The first-order valence-electron chi connectivity index (χ1n) is 9.85. The fraction of sp³-hybridized carbons (Fsp3) is 0.619. The molecule has 5 rings (SSSR count). The molecule has 26 heavy (non-hydrogen) atoms. The van der Waals surface area contributed by atoms with Gasteiger partial charge in [0, 0.05) is 12.1 Å². The lowest BCUT2D eigenvalue weighted by Crippen LogP contribution is -2.42. The van der Waals surface area contributed by atoms with Crippen LogP contribution in [-0.4, -0.2) is 28.7 Å². The van der Waals surface area contributed by atoms with E-state index in [-0.39, 0.29) is 5.82 Å². The van der Waals surface area contributed by atoms with Crippen LogP contribution in [0.4, 0.5) is 4.39 Å². The molecule has 3 aliphatic rings. The minimum atomic E-state index is -0.261. The second kappa shape index (κ2) is 6.15. The number of hydrogen-bond acceptors (Lipinski definition) is 4. The van der Waals surface area contributed by atoms with E-state index in [2.05, 4.69) is 22.1 Å². The summed E-state index contributed by atoms with van der Waals surface area (Å²) < 4.78 is 18.9. The third kappa shape index (κ3) is 2.96. The number of rotatable bonds is 5. The van der Waals surface area contributed by atoms with E-state index in [0.717, 1.165) is 29.9 Å². The van der Waals surface area contributed by atoms with Gasteiger partial charge < -0.3 is 4.42 Å². The minimum Gasteiger partial charge on any atom is -0.419 e. The zero-order valence-corrected chi connectivity index (χ0v) is 15.3. The molecule has 3 aliphatic carbocycles. The fourth-order valence-corrected chi connectivity index (χ4v) is 6.15. The standard InChI is InChI=1S/C21H26FN3O/c1-25(13-21-7-6-16-8-14(10-21)9-17(16)11-21)12-19-23-24-20(26-19)15-2-4-18(22)5-3-15/h2-5,14,16-17H,6-13H2,1H3. The predicted octanol–water partition coefficient (Wildman–Crippen LogP) is 4.52. The van der Waals surface area contributed by atoms with E-state index in [1.807, 2.05) is 0 Å². The molecule has 1 heterocycles. The third-order valence-corrected chi connectivity index (χ3v) is 6.97. The molecule has 3 fully saturated rings. The smallest absolute Gasteiger partial charge is 0.247 e. The topological polar surface area (TPSA) is 42.2 Å². The molecular weight excluding hydrogens is 329 g/mol. The molecule has 4 nitrogen and oxygen atoms in total. The lowest BCUT2D eigenvalue weighted by molar-refractivity contribution is 0.0335. The van der Waals surface area contributed by atoms with Gasteiger partial charge in [-0.3, -0.25) is 4.90 Å². The summed E-state index contributed by atoms with van der Waals surface area (Å²) in [6.07, 6.45) is 8.63. The van der Waals surface area contributed by atoms with Crippen LogP contribution in [0.5, 0.6) is 0 Å². The second-order valence-corrected chi connectivity index (χ2v) is 8.98. The Hall–Kier alpha value is -1.75. The highest BCUT2D eigenvalue weighted by Gasteiger charge is 2.51. The lowest BCUT2D eigenvalue weighted by atomic mass is 9.62. The maximum atomic E-state index is 13.1. The van der Waals surface area contributed by atoms with E-state index >= 15 is 0 Å². The van der Waals surface area contributed by atoms with Crippen LogP contribution in [0.1, 0.15) is 44.4 Å². The molecule has 138 valence electrons. The zero-order valence-electron chi connectivity index (χ0n) is 15.3. The number of aromatic nitrogens is 2. The van der Waals surface area contributed by atoms with Gasteiger partial charge in [-0.15, -0.1) is 10.2 Å². The molecule has 0 amide bonds. The van der Waals surface area contributed by atoms with Gasteiger partial charge in [-0.1, -0.05) is 0 Å². The quantitative estimate of drug-likeness (QED) is 0.791. The molecular formula is C21H26FN3O. The molecule has 0 N–H and O–H groups in total. The molecule has 3 bridgehead atoms. The zero-order chi connectivity index (χ0) is 17.7. The highest BCUT2D eigenvalue weighted by molar-refractivity contribution is 5.51. The SMILES string of the molecule is CN(Cc1nnc(-c2ccc(F)cc2)o1)CC12CCC3CC(CC3C1)C2. The Morgan fingerprint density at radius 2 is 1.96 bits per heavy atom. The van der Waals surface area contributed by atoms with E-state index in [4.69, 9.17) is 4.42 Å². The summed E-state index contributed by atoms with van der Waals surface area (Å²) >= 11 is 0. The van der Waals surface area contributed by atoms with Crippen LogP contribution in [0.3, 0.4) is 0 Å². The van der Waals surface area contributed by atoms with Crippen molar-refractivity contribution in [2.24, 2.45) is 23.2 Å². The molecule has 0 spiro atoms. The first kappa shape index (κ1) is 16.4. The fourth-order valence-electron chi connectivity index (χ4n) is 6.15. The maximum Gasteiger partial charge on any atom is 0.247 e. The number of hydrogen-bond donors (Lipinski definition) is 0. The van der Waals surface area contributed by atoms with Crippen LogP contribution in [0.15, 0.2) is 28.7 Å². The molecule has 4 atom stereocenters. The van der Waals surface area contributed by atoms with Crippen LogP contribution in [0.2, 0.25) is 0 Å². The van der Waals surface area contributed by atoms with Crippen LogP contribution >= 0.6 is 0 Å². The van der Waals surface area contributed by atoms with Gasteiger partial charge in [0.2, 0.25) is 11.8 Å². The number of nitrogens with zero attached hydrogens (tertiary/aromatic N) is 3. The first-order chi connectivity index (χ1) is 12.6. The number of halogens is 1. The largest absolute Gasteiger partial charge is 0.419 e. The summed E-state index contributed by atoms with van der Waals surface area (Å²) in [6, 6.07) is 6.17. The summed E-state index contributed by atoms with van der Waals surface area (Å²) in [7, 11) is 2.17. The van der Waals surface area contributed by atoms with Crippen molar-refractivity contribution in [2.45, 2.75) is 45.1 Å². The number of fused-ring (bicyclic) bond motifs is 2. The molecule has 0 aliphatic heterocycles. The highest BCUT2D eigenvalue weighted by atomic mass is 19.1. The molecule has 5 heteroatoms. The van der Waals surface area contributed by atoms with Crippen LogP contribution < -0.4 is 0 Å². The maximum absolute atomic E-state index is 13.1. The molecule has 0 saturated heterocycles. The monoisotopic (exact) mass is 355 g/mol. The predicted molar refractivity (Wildman–Crippen MR) is 96.6 cm³/mol. The molecule has 4 unspecified atom stereocenters. The van der Waals surface area contributed by atoms with Gasteiger partial charge in [-0.05, 0) is 93.0 Å². The van der Waals surface area contributed by atoms with Gasteiger partial charge in [0.25, 0.3) is 0 Å². The van der Waals surface area contributed by atoms with Gasteiger partial charge >= 0.3 is 0 Å². The summed E-state index contributed by atoms with van der Waals surface area (Å²) in [5.41, 5.74) is 1.27. The molecule has 0 radical (unpaired) electrons. The average molecular weight is 355 g/mol. The summed E-state index contributed by atoms with van der Waals surface area (Å²) in [4.78, 5) is 2.35. The summed E-state index contributed by atoms with van der Waals surface area (Å²) in [6.45, 7) is 1.80. The molecule has 1 aromatic carbocycles. The first-order valence-corrected chi connectivity index (χ1v) is 9.85. The van der Waals surface area contributed by atoms with E-state index < -0.39 is 0 Å². The van der Waals surface area contributed by atoms with Gasteiger partial charge in [-0.25, -0.2) is 4.39 Å². The average Bonchev–Trinajstić information content (AvgIpc) is 3.14. The van der Waals surface area contributed by atoms with Crippen molar-refractivity contribution in [1.82, 2.24) is 15.1 Å². The normalized spacial score (nSPS) is 32.5. The Labute approximate surface area is 153 Å². The number of benzene rings is 1. The van der Waals surface area contributed by atoms with Gasteiger partial charge in [0.15, 0.2) is 0 Å². The highest BCUT2D eigenvalue weighted by Crippen LogP contribution is 2.60. The van der Waals surface area contributed by atoms with E-state index in [1.165, 1.54) is 50.7 Å². The summed E-state index contributed by atoms with van der Waals surface area (Å²) in [5, 5.41) is 8.33. The van der Waals surface area contributed by atoms with Gasteiger partial charge in [0.1, 0.15) is 5.82 Å². The Kier molecular flexibility index (Phi) is 3.89. The van der Waals surface area contributed by atoms with E-state index in [1.54, 1.807) is 12.1 Å². The second-order valence-electron chi connectivity index (χ2n) is 8.98. The lowest BCUT2D eigenvalue weighted by Gasteiger charge is -2.46. The molecule has 2 aromatic rings. The van der Waals surface area contributed by atoms with Gasteiger partial charge in [-0.2, -0.15) is 0 Å². The van der Waals surface area contributed by atoms with Crippen LogP contribution in [0, 0.1) is 29.0 Å². The Balaban J connectivity index is 1.25. The summed E-state index contributed by atoms with van der Waals surface area (Å²) in [5.74, 6) is 3.82. The van der Waals surface area contributed by atoms with Crippen molar-refractivity contribution in [3.8, 4) is 11.5 Å². The Morgan fingerprint density at radius 3 is 2.81 bits per heavy atom. The van der Waals surface area contributed by atoms with E-state index in [0.29, 0.717) is 23.7 Å². The van der Waals surface area contributed by atoms with Crippen molar-refractivity contribution in [3.05, 3.63) is 36.0 Å². The van der Waals surface area contributed by atoms with Crippen molar-refractivity contribution in [1.29, 1.82) is 0 Å². The minimum absolute atomic E-state index is 0.261. The van der Waals surface area contributed by atoms with Crippen LogP contribution in [0.25, 0.3) is 11.5 Å². The third-order valence-electron chi connectivity index (χ3n) is 6.97. The molecule has 3 saturated carbocycles. The molecule has 1 aromatic heterocycles. The van der Waals surface area contributed by atoms with Crippen molar-refractivity contribution in [3.63, 3.8) is 0 Å². The van der Waals surface area contributed by atoms with Gasteiger partial charge in [0.05, 0.1) is 6.54 Å². The Bertz CT molecular complexity index is 785. The van der Waals surface area contributed by atoms with E-state index in [9.17, 15) is 4.39 Å².